The van der Waals surface area contributed by atoms with E-state index in [4.69, 9.17) is 14.3 Å². The Labute approximate surface area is 118 Å². The highest BCUT2D eigenvalue weighted by Gasteiger charge is 2.22. The topological polar surface area (TPSA) is 74.9 Å². The Balaban J connectivity index is 1.70. The second-order valence-electron chi connectivity index (χ2n) is 5.00. The van der Waals surface area contributed by atoms with Crippen LogP contribution in [-0.2, 0) is 22.7 Å². The van der Waals surface area contributed by atoms with Gasteiger partial charge in [0.05, 0.1) is 6.54 Å². The van der Waals surface area contributed by atoms with Crippen molar-refractivity contribution in [2.75, 3.05) is 26.8 Å². The molecule has 0 spiro atoms. The summed E-state index contributed by atoms with van der Waals surface area (Å²) in [6.07, 6.45) is 1.87. The first-order chi connectivity index (χ1) is 9.72. The van der Waals surface area contributed by atoms with Gasteiger partial charge in [-0.1, -0.05) is 0 Å². The number of amides is 1. The number of nitrogens with one attached hydrogen (secondary N) is 1. The van der Waals surface area contributed by atoms with Crippen molar-refractivity contribution in [3.8, 4) is 0 Å². The van der Waals surface area contributed by atoms with E-state index in [0.717, 1.165) is 31.7 Å². The first-order valence-corrected chi connectivity index (χ1v) is 6.91. The number of aliphatic hydroxyl groups excluding tert-OH is 1. The van der Waals surface area contributed by atoms with Crippen LogP contribution in [-0.4, -0.2) is 48.8 Å². The number of rotatable bonds is 6. The number of aliphatic hydroxyl groups is 1. The smallest absolute Gasteiger partial charge is 0.248 e. The van der Waals surface area contributed by atoms with Gasteiger partial charge in [0.1, 0.15) is 24.7 Å². The summed E-state index contributed by atoms with van der Waals surface area (Å²) < 4.78 is 10.3. The quantitative estimate of drug-likeness (QED) is 0.794. The SMILES string of the molecule is COCC(=O)N1CCC(NCc2ccc(CO)o2)CC1. The molecule has 1 aromatic rings. The second kappa shape index (κ2) is 7.42. The third-order valence-electron chi connectivity index (χ3n) is 3.55. The zero-order valence-electron chi connectivity index (χ0n) is 11.8. The van der Waals surface area contributed by atoms with Crippen molar-refractivity contribution in [1.82, 2.24) is 10.2 Å². The van der Waals surface area contributed by atoms with Crippen LogP contribution in [0.5, 0.6) is 0 Å². The molecule has 0 atom stereocenters. The maximum Gasteiger partial charge on any atom is 0.248 e. The van der Waals surface area contributed by atoms with Gasteiger partial charge < -0.3 is 24.5 Å². The fraction of sp³-hybridized carbons (Fsp3) is 0.643. The summed E-state index contributed by atoms with van der Waals surface area (Å²) in [5.41, 5.74) is 0. The summed E-state index contributed by atoms with van der Waals surface area (Å²) in [5.74, 6) is 1.47. The van der Waals surface area contributed by atoms with Gasteiger partial charge in [0.2, 0.25) is 5.91 Å². The molecular weight excluding hydrogens is 260 g/mol. The molecule has 1 aliphatic heterocycles. The van der Waals surface area contributed by atoms with Crippen LogP contribution in [0.25, 0.3) is 0 Å². The van der Waals surface area contributed by atoms with Crippen molar-refractivity contribution in [3.63, 3.8) is 0 Å². The molecule has 1 saturated heterocycles. The molecular formula is C14H22N2O4. The molecule has 0 aromatic carbocycles. The van der Waals surface area contributed by atoms with E-state index in [1.54, 1.807) is 6.07 Å². The predicted molar refractivity (Wildman–Crippen MR) is 72.9 cm³/mol. The summed E-state index contributed by atoms with van der Waals surface area (Å²) in [4.78, 5) is 13.5. The predicted octanol–water partition coefficient (Wildman–Crippen LogP) is 0.499. The van der Waals surface area contributed by atoms with Crippen molar-refractivity contribution >= 4 is 5.91 Å². The first kappa shape index (κ1) is 15.0. The summed E-state index contributed by atoms with van der Waals surface area (Å²) in [6, 6.07) is 4.04. The van der Waals surface area contributed by atoms with E-state index < -0.39 is 0 Å². The highest BCUT2D eigenvalue weighted by atomic mass is 16.5. The maximum absolute atomic E-state index is 11.7. The Morgan fingerprint density at radius 3 is 2.75 bits per heavy atom. The maximum atomic E-state index is 11.7. The van der Waals surface area contributed by atoms with Crippen molar-refractivity contribution in [3.05, 3.63) is 23.7 Å². The lowest BCUT2D eigenvalue weighted by atomic mass is 10.0. The Morgan fingerprint density at radius 1 is 1.45 bits per heavy atom. The van der Waals surface area contributed by atoms with Crippen molar-refractivity contribution in [1.29, 1.82) is 0 Å². The number of nitrogens with zero attached hydrogens (tertiary/aromatic N) is 1. The molecule has 1 fully saturated rings. The van der Waals surface area contributed by atoms with Crippen LogP contribution in [0.4, 0.5) is 0 Å². The lowest BCUT2D eigenvalue weighted by Gasteiger charge is -2.32. The van der Waals surface area contributed by atoms with E-state index in [0.29, 0.717) is 18.3 Å². The number of hydrogen-bond donors (Lipinski definition) is 2. The lowest BCUT2D eigenvalue weighted by molar-refractivity contribution is -0.136. The molecule has 0 saturated carbocycles. The average molecular weight is 282 g/mol. The van der Waals surface area contributed by atoms with Gasteiger partial charge in [-0.2, -0.15) is 0 Å². The number of carbonyl (C=O) groups is 1. The molecule has 2 rings (SSSR count). The van der Waals surface area contributed by atoms with Crippen LogP contribution in [0, 0.1) is 0 Å². The average Bonchev–Trinajstić information content (AvgIpc) is 2.94. The molecule has 1 aromatic heterocycles. The van der Waals surface area contributed by atoms with E-state index in [-0.39, 0.29) is 19.1 Å². The second-order valence-corrected chi connectivity index (χ2v) is 5.00. The van der Waals surface area contributed by atoms with Gasteiger partial charge in [0.25, 0.3) is 0 Å². The van der Waals surface area contributed by atoms with E-state index in [2.05, 4.69) is 5.32 Å². The molecule has 0 radical (unpaired) electrons. The number of methoxy groups -OCH3 is 1. The molecule has 0 unspecified atom stereocenters. The Morgan fingerprint density at radius 2 is 2.15 bits per heavy atom. The molecule has 6 heteroatoms. The van der Waals surface area contributed by atoms with Crippen LogP contribution in [0.3, 0.4) is 0 Å². The van der Waals surface area contributed by atoms with Gasteiger partial charge in [-0.3, -0.25) is 4.79 Å². The van der Waals surface area contributed by atoms with Gasteiger partial charge >= 0.3 is 0 Å². The highest BCUT2D eigenvalue weighted by Crippen LogP contribution is 2.13. The van der Waals surface area contributed by atoms with Crippen LogP contribution in [0.15, 0.2) is 16.5 Å². The van der Waals surface area contributed by atoms with Crippen LogP contribution < -0.4 is 5.32 Å². The number of hydrogen-bond acceptors (Lipinski definition) is 5. The van der Waals surface area contributed by atoms with Crippen molar-refractivity contribution < 1.29 is 19.1 Å². The summed E-state index contributed by atoms with van der Waals surface area (Å²) in [6.45, 7) is 2.27. The zero-order chi connectivity index (χ0) is 14.4. The molecule has 2 N–H and O–H groups in total. The number of ether oxygens (including phenoxy) is 1. The van der Waals surface area contributed by atoms with Crippen LogP contribution in [0.2, 0.25) is 0 Å². The first-order valence-electron chi connectivity index (χ1n) is 6.91. The fourth-order valence-corrected chi connectivity index (χ4v) is 2.40. The third-order valence-corrected chi connectivity index (χ3v) is 3.55. The number of furan rings is 1. The Kier molecular flexibility index (Phi) is 5.58. The largest absolute Gasteiger partial charge is 0.462 e. The Hall–Kier alpha value is -1.37. The molecule has 1 amide bonds. The standard InChI is InChI=1S/C14H22N2O4/c1-19-10-14(18)16-6-4-11(5-7-16)15-8-12-2-3-13(9-17)20-12/h2-3,11,15,17H,4-10H2,1H3. The summed E-state index contributed by atoms with van der Waals surface area (Å²) in [7, 11) is 1.54. The van der Waals surface area contributed by atoms with Gasteiger partial charge in [0, 0.05) is 26.2 Å². The van der Waals surface area contributed by atoms with Crippen LogP contribution >= 0.6 is 0 Å². The summed E-state index contributed by atoms with van der Waals surface area (Å²) in [5, 5.41) is 12.4. The normalized spacial score (nSPS) is 16.6. The molecule has 2 heterocycles. The van der Waals surface area contributed by atoms with Gasteiger partial charge in [-0.25, -0.2) is 0 Å². The third kappa shape index (κ3) is 4.06. The van der Waals surface area contributed by atoms with E-state index in [9.17, 15) is 4.79 Å². The molecule has 0 aliphatic carbocycles. The monoisotopic (exact) mass is 282 g/mol. The van der Waals surface area contributed by atoms with Gasteiger partial charge in [0.15, 0.2) is 0 Å². The molecule has 1 aliphatic rings. The Bertz CT molecular complexity index is 425. The minimum Gasteiger partial charge on any atom is -0.462 e. The number of piperidine rings is 1. The molecule has 20 heavy (non-hydrogen) atoms. The minimum absolute atomic E-state index is 0.0598. The van der Waals surface area contributed by atoms with Gasteiger partial charge in [-0.05, 0) is 25.0 Å². The number of likely N-dealkylation sites (tertiary alicyclic amines) is 1. The lowest BCUT2D eigenvalue weighted by Crippen LogP contribution is -2.45. The van der Waals surface area contributed by atoms with Crippen molar-refractivity contribution in [2.45, 2.75) is 32.0 Å². The molecule has 0 bridgehead atoms. The van der Waals surface area contributed by atoms with Gasteiger partial charge in [-0.15, -0.1) is 0 Å². The van der Waals surface area contributed by atoms with Crippen molar-refractivity contribution in [2.24, 2.45) is 0 Å². The van der Waals surface area contributed by atoms with Crippen LogP contribution in [0.1, 0.15) is 24.4 Å². The van der Waals surface area contributed by atoms with E-state index >= 15 is 0 Å². The fourth-order valence-electron chi connectivity index (χ4n) is 2.40. The molecule has 112 valence electrons. The molecule has 6 nitrogen and oxygen atoms in total. The summed E-state index contributed by atoms with van der Waals surface area (Å²) >= 11 is 0. The number of carbonyl (C=O) groups excluding carboxylic acids is 1. The highest BCUT2D eigenvalue weighted by molar-refractivity contribution is 5.77. The van der Waals surface area contributed by atoms with E-state index in [1.165, 1.54) is 7.11 Å². The zero-order valence-corrected chi connectivity index (χ0v) is 11.8. The van der Waals surface area contributed by atoms with E-state index in [1.807, 2.05) is 11.0 Å². The minimum atomic E-state index is -0.0694.